The van der Waals surface area contributed by atoms with Crippen molar-refractivity contribution in [1.82, 2.24) is 20.3 Å². The number of hydrogen-bond acceptors (Lipinski definition) is 7. The van der Waals surface area contributed by atoms with Gasteiger partial charge >= 0.3 is 0 Å². The van der Waals surface area contributed by atoms with Crippen LogP contribution >= 0.6 is 12.2 Å². The topological polar surface area (TPSA) is 78.4 Å². The Bertz CT molecular complexity index is 845. The summed E-state index contributed by atoms with van der Waals surface area (Å²) < 4.78 is 5.50. The van der Waals surface area contributed by atoms with E-state index in [-0.39, 0.29) is 0 Å². The second kappa shape index (κ2) is 9.99. The minimum absolute atomic E-state index is 0.496. The third-order valence-corrected chi connectivity index (χ3v) is 5.66. The maximum absolute atomic E-state index is 5.50. The first-order valence-corrected chi connectivity index (χ1v) is 11.0. The molecular weight excluding hydrogens is 398 g/mol. The van der Waals surface area contributed by atoms with Gasteiger partial charge in [0.2, 0.25) is 5.95 Å². The smallest absolute Gasteiger partial charge is 0.232 e. The van der Waals surface area contributed by atoms with Crippen molar-refractivity contribution in [3.8, 4) is 0 Å². The van der Waals surface area contributed by atoms with Crippen LogP contribution in [-0.2, 0) is 11.3 Å². The number of nitrogens with zero attached hydrogens (tertiary/aromatic N) is 5. The molecule has 160 valence electrons. The highest BCUT2D eigenvalue weighted by Crippen LogP contribution is 2.26. The Balaban J connectivity index is 1.50. The van der Waals surface area contributed by atoms with Crippen molar-refractivity contribution in [3.05, 3.63) is 36.2 Å². The molecule has 8 nitrogen and oxygen atoms in total. The van der Waals surface area contributed by atoms with Crippen LogP contribution in [0.1, 0.15) is 25.3 Å². The molecule has 0 amide bonds. The van der Waals surface area contributed by atoms with E-state index in [1.807, 2.05) is 18.3 Å². The number of aromatic nitrogens is 3. The lowest BCUT2D eigenvalue weighted by Gasteiger charge is -2.33. The van der Waals surface area contributed by atoms with Gasteiger partial charge in [-0.05, 0) is 42.6 Å². The van der Waals surface area contributed by atoms with E-state index < -0.39 is 0 Å². The van der Waals surface area contributed by atoms with Crippen molar-refractivity contribution >= 4 is 34.9 Å². The van der Waals surface area contributed by atoms with Crippen molar-refractivity contribution in [1.29, 1.82) is 0 Å². The Morgan fingerprint density at radius 1 is 1.20 bits per heavy atom. The number of nitrogens with one attached hydrogen (secondary N) is 2. The number of piperidine rings is 1. The molecule has 2 fully saturated rings. The minimum Gasteiger partial charge on any atom is -0.378 e. The van der Waals surface area contributed by atoms with Gasteiger partial charge in [-0.2, -0.15) is 9.97 Å². The molecule has 0 bridgehead atoms. The summed E-state index contributed by atoms with van der Waals surface area (Å²) >= 11 is 5.48. The Kier molecular flexibility index (Phi) is 6.91. The third-order valence-electron chi connectivity index (χ3n) is 5.42. The largest absolute Gasteiger partial charge is 0.378 e. The van der Waals surface area contributed by atoms with Gasteiger partial charge in [-0.25, -0.2) is 0 Å². The lowest BCUT2D eigenvalue weighted by atomic mass is 10.0. The van der Waals surface area contributed by atoms with E-state index in [0.29, 0.717) is 36.7 Å². The highest BCUT2D eigenvalue weighted by molar-refractivity contribution is 7.80. The summed E-state index contributed by atoms with van der Waals surface area (Å²) in [5.74, 6) is 3.06. The third kappa shape index (κ3) is 5.54. The number of pyridine rings is 1. The summed E-state index contributed by atoms with van der Waals surface area (Å²) in [5.41, 5.74) is 1.06. The number of rotatable bonds is 5. The molecule has 0 spiro atoms. The molecule has 0 unspecified atom stereocenters. The molecule has 1 atom stereocenters. The molecule has 0 aliphatic carbocycles. The normalized spacial score (nSPS) is 19.4. The molecule has 4 heterocycles. The molecule has 30 heavy (non-hydrogen) atoms. The zero-order valence-corrected chi connectivity index (χ0v) is 18.2. The SMILES string of the molecule is C[C@H]1CCCN(c2cc(N3CCOCC3)nc(NC(=S)NCc3cccnc3)n2)C1. The molecule has 2 aromatic rings. The van der Waals surface area contributed by atoms with E-state index in [4.69, 9.17) is 26.9 Å². The van der Waals surface area contributed by atoms with Crippen LogP contribution < -0.4 is 20.4 Å². The van der Waals surface area contributed by atoms with E-state index in [2.05, 4.69) is 38.4 Å². The fourth-order valence-corrected chi connectivity index (χ4v) is 3.99. The maximum Gasteiger partial charge on any atom is 0.232 e. The molecule has 2 aliphatic rings. The van der Waals surface area contributed by atoms with Gasteiger partial charge in [0, 0.05) is 51.2 Å². The first kappa shape index (κ1) is 20.7. The average Bonchev–Trinajstić information content (AvgIpc) is 2.79. The maximum atomic E-state index is 5.50. The van der Waals surface area contributed by atoms with Gasteiger partial charge in [-0.3, -0.25) is 4.98 Å². The summed E-state index contributed by atoms with van der Waals surface area (Å²) in [6, 6.07) is 6.02. The van der Waals surface area contributed by atoms with Crippen molar-refractivity contribution in [2.24, 2.45) is 5.92 Å². The van der Waals surface area contributed by atoms with Crippen molar-refractivity contribution in [3.63, 3.8) is 0 Å². The number of hydrogen-bond donors (Lipinski definition) is 2. The van der Waals surface area contributed by atoms with Gasteiger partial charge in [0.1, 0.15) is 11.6 Å². The number of ether oxygens (including phenoxy) is 1. The van der Waals surface area contributed by atoms with E-state index >= 15 is 0 Å². The highest BCUT2D eigenvalue weighted by atomic mass is 32.1. The molecule has 2 aromatic heterocycles. The molecule has 2 N–H and O–H groups in total. The average molecular weight is 428 g/mol. The predicted molar refractivity (Wildman–Crippen MR) is 123 cm³/mol. The first-order valence-electron chi connectivity index (χ1n) is 10.6. The Hall–Kier alpha value is -2.52. The molecule has 0 radical (unpaired) electrons. The van der Waals surface area contributed by atoms with Crippen LogP contribution in [0.25, 0.3) is 0 Å². The van der Waals surface area contributed by atoms with Crippen LogP contribution in [0.4, 0.5) is 17.6 Å². The predicted octanol–water partition coefficient (Wildman–Crippen LogP) is 2.43. The van der Waals surface area contributed by atoms with E-state index in [0.717, 1.165) is 43.4 Å². The molecule has 2 saturated heterocycles. The molecule has 4 rings (SSSR count). The van der Waals surface area contributed by atoms with Gasteiger partial charge in [-0.15, -0.1) is 0 Å². The van der Waals surface area contributed by atoms with Gasteiger partial charge in [0.05, 0.1) is 13.2 Å². The fraction of sp³-hybridized carbons (Fsp3) is 0.524. The summed E-state index contributed by atoms with van der Waals surface area (Å²) in [6.45, 7) is 8.02. The van der Waals surface area contributed by atoms with Crippen LogP contribution in [0.3, 0.4) is 0 Å². The van der Waals surface area contributed by atoms with Gasteiger partial charge in [0.25, 0.3) is 0 Å². The first-order chi connectivity index (χ1) is 14.7. The number of morpholine rings is 1. The van der Waals surface area contributed by atoms with Gasteiger partial charge in [0.15, 0.2) is 5.11 Å². The van der Waals surface area contributed by atoms with Gasteiger partial charge in [-0.1, -0.05) is 13.0 Å². The zero-order valence-electron chi connectivity index (χ0n) is 17.4. The second-order valence-electron chi connectivity index (χ2n) is 7.87. The lowest BCUT2D eigenvalue weighted by Crippen LogP contribution is -2.38. The van der Waals surface area contributed by atoms with E-state index in [1.54, 1.807) is 6.20 Å². The Morgan fingerprint density at radius 2 is 2.00 bits per heavy atom. The zero-order chi connectivity index (χ0) is 20.8. The lowest BCUT2D eigenvalue weighted by molar-refractivity contribution is 0.122. The van der Waals surface area contributed by atoms with Crippen molar-refractivity contribution < 1.29 is 4.74 Å². The molecule has 0 aromatic carbocycles. The van der Waals surface area contributed by atoms with E-state index in [9.17, 15) is 0 Å². The monoisotopic (exact) mass is 427 g/mol. The second-order valence-corrected chi connectivity index (χ2v) is 8.28. The number of anilines is 3. The Morgan fingerprint density at radius 3 is 2.73 bits per heavy atom. The van der Waals surface area contributed by atoms with Crippen molar-refractivity contribution in [2.75, 3.05) is 54.5 Å². The van der Waals surface area contributed by atoms with Crippen LogP contribution in [0.5, 0.6) is 0 Å². The molecule has 2 aliphatic heterocycles. The standard InChI is InChI=1S/C21H29N7OS/c1-16-4-3-7-28(15-16)19-12-18(27-8-10-29-11-9-27)24-20(25-19)26-21(30)23-14-17-5-2-6-22-13-17/h2,5-6,12-13,16H,3-4,7-11,14-15H2,1H3,(H2,23,24,25,26,30)/t16-/m0/s1. The number of thiocarbonyl (C=S) groups is 1. The van der Waals surface area contributed by atoms with Crippen molar-refractivity contribution in [2.45, 2.75) is 26.3 Å². The van der Waals surface area contributed by atoms with Crippen LogP contribution in [0, 0.1) is 5.92 Å². The van der Waals surface area contributed by atoms with Crippen LogP contribution in [-0.4, -0.2) is 59.5 Å². The van der Waals surface area contributed by atoms with Crippen LogP contribution in [0.2, 0.25) is 0 Å². The Labute approximate surface area is 183 Å². The molecule has 9 heteroatoms. The summed E-state index contributed by atoms with van der Waals surface area (Å²) in [7, 11) is 0. The summed E-state index contributed by atoms with van der Waals surface area (Å²) in [5, 5.41) is 6.88. The quantitative estimate of drug-likeness (QED) is 0.700. The summed E-state index contributed by atoms with van der Waals surface area (Å²) in [4.78, 5) is 18.3. The van der Waals surface area contributed by atoms with Crippen LogP contribution in [0.15, 0.2) is 30.6 Å². The fourth-order valence-electron chi connectivity index (χ4n) is 3.82. The van der Waals surface area contributed by atoms with E-state index in [1.165, 1.54) is 12.8 Å². The minimum atomic E-state index is 0.496. The summed E-state index contributed by atoms with van der Waals surface area (Å²) in [6.07, 6.45) is 6.03. The van der Waals surface area contributed by atoms with Gasteiger partial charge < -0.3 is 25.2 Å². The highest BCUT2D eigenvalue weighted by Gasteiger charge is 2.21. The molecular formula is C21H29N7OS. The molecule has 0 saturated carbocycles.